The maximum atomic E-state index is 13.3. The molecule has 2 aromatic rings. The van der Waals surface area contributed by atoms with E-state index in [9.17, 15) is 29.1 Å². The van der Waals surface area contributed by atoms with Crippen LogP contribution in [0.15, 0.2) is 60.7 Å². The van der Waals surface area contributed by atoms with E-state index in [0.717, 1.165) is 11.4 Å². The van der Waals surface area contributed by atoms with Crippen molar-refractivity contribution in [2.75, 3.05) is 70.0 Å². The third-order valence-electron chi connectivity index (χ3n) is 10.2. The van der Waals surface area contributed by atoms with Gasteiger partial charge in [-0.1, -0.05) is 36.4 Å². The Morgan fingerprint density at radius 3 is 1.51 bits per heavy atom. The van der Waals surface area contributed by atoms with Crippen LogP contribution in [0.2, 0.25) is 0 Å². The zero-order chi connectivity index (χ0) is 33.3. The first-order valence-electron chi connectivity index (χ1n) is 16.0. The fraction of sp³-hybridized carbons (Fsp3) is 0.485. The van der Waals surface area contributed by atoms with E-state index in [-0.39, 0.29) is 31.4 Å². The standard InChI is InChI=1S/C33H42N8O6/c1-36-22-40(24-9-5-3-6-10-24)32(28(36)44)13-17-38(18-14-32)30(46)34-21-26(27(42)43)35-31(47)39-19-15-33(16-20-39)29(45)37(2)23-41(33)25-11-7-4-8-12-25/h3-12,26H,13-23H2,1-2H3,(H,34,46)(H,35,47)(H,42,43). The van der Waals surface area contributed by atoms with Crippen LogP contribution in [0.4, 0.5) is 21.0 Å². The van der Waals surface area contributed by atoms with E-state index in [1.165, 1.54) is 4.90 Å². The Morgan fingerprint density at radius 2 is 1.11 bits per heavy atom. The number of anilines is 2. The van der Waals surface area contributed by atoms with E-state index in [4.69, 9.17) is 0 Å². The fourth-order valence-electron chi connectivity index (χ4n) is 7.51. The van der Waals surface area contributed by atoms with Crippen molar-refractivity contribution in [3.8, 4) is 0 Å². The molecule has 0 radical (unpaired) electrons. The summed E-state index contributed by atoms with van der Waals surface area (Å²) in [6.45, 7) is 1.80. The van der Waals surface area contributed by atoms with Gasteiger partial charge in [0.2, 0.25) is 11.8 Å². The first-order chi connectivity index (χ1) is 22.6. The highest BCUT2D eigenvalue weighted by Crippen LogP contribution is 2.40. The second-order valence-electron chi connectivity index (χ2n) is 12.9. The van der Waals surface area contributed by atoms with Crippen molar-refractivity contribution in [2.24, 2.45) is 0 Å². The predicted molar refractivity (Wildman–Crippen MR) is 174 cm³/mol. The second-order valence-corrected chi connectivity index (χ2v) is 12.9. The Balaban J connectivity index is 1.02. The normalized spacial score (nSPS) is 21.1. The van der Waals surface area contributed by atoms with Crippen LogP contribution in [0.5, 0.6) is 0 Å². The Morgan fingerprint density at radius 1 is 0.702 bits per heavy atom. The van der Waals surface area contributed by atoms with Crippen molar-refractivity contribution < 1.29 is 29.1 Å². The predicted octanol–water partition coefficient (Wildman–Crippen LogP) is 1.40. The van der Waals surface area contributed by atoms with Crippen molar-refractivity contribution in [2.45, 2.75) is 42.8 Å². The lowest BCUT2D eigenvalue weighted by atomic mass is 9.85. The van der Waals surface area contributed by atoms with Crippen LogP contribution in [-0.2, 0) is 14.4 Å². The average molecular weight is 647 g/mol. The minimum Gasteiger partial charge on any atom is -0.480 e. The fourth-order valence-corrected chi connectivity index (χ4v) is 7.51. The van der Waals surface area contributed by atoms with Gasteiger partial charge in [0.05, 0.1) is 19.9 Å². The van der Waals surface area contributed by atoms with Gasteiger partial charge in [0, 0.05) is 51.6 Å². The van der Waals surface area contributed by atoms with Crippen LogP contribution in [-0.4, -0.2) is 132 Å². The Labute approximate surface area is 273 Å². The summed E-state index contributed by atoms with van der Waals surface area (Å²) < 4.78 is 0. The molecule has 4 saturated heterocycles. The molecule has 1 atom stereocenters. The molecule has 6 rings (SSSR count). The van der Waals surface area contributed by atoms with Gasteiger partial charge in [0.15, 0.2) is 0 Å². The molecule has 47 heavy (non-hydrogen) atoms. The number of rotatable bonds is 6. The number of carbonyl (C=O) groups excluding carboxylic acids is 4. The minimum atomic E-state index is -1.35. The first kappa shape index (κ1) is 32.0. The lowest BCUT2D eigenvalue weighted by Crippen LogP contribution is -2.61. The lowest BCUT2D eigenvalue weighted by molar-refractivity contribution is -0.139. The zero-order valence-corrected chi connectivity index (χ0v) is 26.8. The molecule has 0 saturated carbocycles. The monoisotopic (exact) mass is 646 g/mol. The zero-order valence-electron chi connectivity index (χ0n) is 26.8. The highest BCUT2D eigenvalue weighted by molar-refractivity contribution is 5.94. The van der Waals surface area contributed by atoms with E-state index in [2.05, 4.69) is 20.4 Å². The summed E-state index contributed by atoms with van der Waals surface area (Å²) in [7, 11) is 3.55. The first-order valence-corrected chi connectivity index (χ1v) is 16.0. The number of hydrogen-bond acceptors (Lipinski definition) is 7. The van der Waals surface area contributed by atoms with Crippen LogP contribution in [0.25, 0.3) is 0 Å². The van der Waals surface area contributed by atoms with E-state index >= 15 is 0 Å². The third kappa shape index (κ3) is 5.76. The summed E-state index contributed by atoms with van der Waals surface area (Å²) in [5.41, 5.74) is 0.372. The van der Waals surface area contributed by atoms with Crippen LogP contribution in [0.1, 0.15) is 25.7 Å². The van der Waals surface area contributed by atoms with Crippen molar-refractivity contribution in [1.29, 1.82) is 0 Å². The largest absolute Gasteiger partial charge is 0.480 e. The van der Waals surface area contributed by atoms with Gasteiger partial charge in [-0.3, -0.25) is 9.59 Å². The van der Waals surface area contributed by atoms with Crippen molar-refractivity contribution in [3.63, 3.8) is 0 Å². The number of urea groups is 2. The number of nitrogens with one attached hydrogen (secondary N) is 2. The van der Waals surface area contributed by atoms with E-state index in [0.29, 0.717) is 52.1 Å². The molecule has 2 aromatic carbocycles. The maximum absolute atomic E-state index is 13.3. The summed E-state index contributed by atoms with van der Waals surface area (Å²) in [6, 6.07) is 17.1. The summed E-state index contributed by atoms with van der Waals surface area (Å²) in [6.07, 6.45) is 1.69. The molecule has 6 amide bonds. The molecule has 14 nitrogen and oxygen atoms in total. The maximum Gasteiger partial charge on any atom is 0.328 e. The number of likely N-dealkylation sites (tertiary alicyclic amines) is 2. The summed E-state index contributed by atoms with van der Waals surface area (Å²) in [4.78, 5) is 75.7. The number of hydrogen-bond donors (Lipinski definition) is 3. The van der Waals surface area contributed by atoms with Gasteiger partial charge in [-0.25, -0.2) is 14.4 Å². The van der Waals surface area contributed by atoms with E-state index in [1.54, 1.807) is 28.8 Å². The number of carboxylic acid groups (broad SMARTS) is 1. The van der Waals surface area contributed by atoms with Gasteiger partial charge < -0.3 is 45.1 Å². The molecule has 2 spiro atoms. The van der Waals surface area contributed by atoms with Gasteiger partial charge in [-0.05, 0) is 49.9 Å². The van der Waals surface area contributed by atoms with Crippen LogP contribution in [0.3, 0.4) is 0 Å². The number of carbonyl (C=O) groups is 5. The third-order valence-corrected chi connectivity index (χ3v) is 10.2. The number of benzene rings is 2. The average Bonchev–Trinajstić information content (AvgIpc) is 3.48. The molecule has 4 heterocycles. The Bertz CT molecular complexity index is 1510. The number of para-hydroxylation sites is 2. The molecule has 0 aliphatic carbocycles. The molecule has 250 valence electrons. The summed E-state index contributed by atoms with van der Waals surface area (Å²) in [5.74, 6) is -1.24. The van der Waals surface area contributed by atoms with Gasteiger partial charge in [-0.2, -0.15) is 0 Å². The molecule has 4 aliphatic heterocycles. The Kier molecular flexibility index (Phi) is 8.60. The quantitative estimate of drug-likeness (QED) is 0.427. The SMILES string of the molecule is CN1CN(c2ccccc2)C2(CCN(C(=O)NCC(NC(=O)N3CCC4(CC3)C(=O)N(C)CN4c3ccccc3)C(=O)O)CC2)C1=O. The van der Waals surface area contributed by atoms with Gasteiger partial charge in [0.1, 0.15) is 17.1 Å². The van der Waals surface area contributed by atoms with E-state index in [1.807, 2.05) is 60.7 Å². The van der Waals surface area contributed by atoms with Gasteiger partial charge >= 0.3 is 18.0 Å². The molecule has 0 bridgehead atoms. The van der Waals surface area contributed by atoms with Crippen molar-refractivity contribution >= 4 is 41.2 Å². The van der Waals surface area contributed by atoms with Crippen LogP contribution >= 0.6 is 0 Å². The number of amides is 6. The van der Waals surface area contributed by atoms with Crippen LogP contribution < -0.4 is 20.4 Å². The topological polar surface area (TPSA) is 149 Å². The molecule has 3 N–H and O–H groups in total. The van der Waals surface area contributed by atoms with Gasteiger partial charge in [0.25, 0.3) is 0 Å². The molecule has 4 aliphatic rings. The van der Waals surface area contributed by atoms with Crippen LogP contribution in [0, 0.1) is 0 Å². The number of carboxylic acids is 1. The highest BCUT2D eigenvalue weighted by Gasteiger charge is 2.54. The summed E-state index contributed by atoms with van der Waals surface area (Å²) >= 11 is 0. The number of piperidine rings is 2. The second kappa shape index (κ2) is 12.6. The minimum absolute atomic E-state index is 0.00765. The van der Waals surface area contributed by atoms with Crippen molar-refractivity contribution in [3.05, 3.63) is 60.7 Å². The molecule has 0 aromatic heterocycles. The highest BCUT2D eigenvalue weighted by atomic mass is 16.4. The number of aliphatic carboxylic acids is 1. The molecule has 4 fully saturated rings. The van der Waals surface area contributed by atoms with E-state index < -0.39 is 35.2 Å². The number of likely N-dealkylation sites (N-methyl/N-ethyl adjacent to an activating group) is 2. The molecular formula is C33H42N8O6. The van der Waals surface area contributed by atoms with Crippen molar-refractivity contribution in [1.82, 2.24) is 30.2 Å². The summed E-state index contributed by atoms with van der Waals surface area (Å²) in [5, 5.41) is 15.1. The van der Waals surface area contributed by atoms with Gasteiger partial charge in [-0.15, -0.1) is 0 Å². The number of nitrogens with zero attached hydrogens (tertiary/aromatic N) is 6. The smallest absolute Gasteiger partial charge is 0.328 e. The molecule has 14 heteroatoms. The Hall–Kier alpha value is -5.01. The molecular weight excluding hydrogens is 604 g/mol. The molecule has 1 unspecified atom stereocenters. The lowest BCUT2D eigenvalue weighted by Gasteiger charge is -2.43.